The molecule has 0 unspecified atom stereocenters. The van der Waals surface area contributed by atoms with Gasteiger partial charge in [-0.2, -0.15) is 0 Å². The fourth-order valence-electron chi connectivity index (χ4n) is 3.35. The molecule has 0 spiro atoms. The first-order valence-corrected chi connectivity index (χ1v) is 9.71. The second kappa shape index (κ2) is 9.59. The average Bonchev–Trinajstić information content (AvgIpc) is 3.15. The highest BCUT2D eigenvalue weighted by Crippen LogP contribution is 2.29. The molecule has 1 N–H and O–H groups in total. The van der Waals surface area contributed by atoms with Gasteiger partial charge < -0.3 is 19.7 Å². The summed E-state index contributed by atoms with van der Waals surface area (Å²) >= 11 is 0. The molecular weight excluding hydrogens is 406 g/mol. The highest BCUT2D eigenvalue weighted by atomic mass is 16.6. The predicted octanol–water partition coefficient (Wildman–Crippen LogP) is 2.67. The van der Waals surface area contributed by atoms with E-state index >= 15 is 0 Å². The number of non-ortho nitro benzene ring substituents is 1. The summed E-state index contributed by atoms with van der Waals surface area (Å²) in [5.74, 6) is -0.948. The maximum Gasteiger partial charge on any atom is 0.413 e. The van der Waals surface area contributed by atoms with Gasteiger partial charge in [0, 0.05) is 18.7 Å². The fourth-order valence-corrected chi connectivity index (χ4v) is 3.35. The van der Waals surface area contributed by atoms with Crippen molar-refractivity contribution >= 4 is 23.7 Å². The molecule has 0 aromatic heterocycles. The monoisotopic (exact) mass is 433 g/mol. The molecule has 0 aliphatic carbocycles. The number of likely N-dealkylation sites (tertiary alicyclic amines) is 1. The van der Waals surface area contributed by atoms with Crippen molar-refractivity contribution < 1.29 is 28.8 Å². The fraction of sp³-hybridized carbons (Fsp3) is 0.476. The molecule has 1 saturated heterocycles. The number of amides is 2. The molecule has 0 radical (unpaired) electrons. The molecule has 1 aromatic rings. The van der Waals surface area contributed by atoms with E-state index in [0.29, 0.717) is 6.42 Å². The van der Waals surface area contributed by atoms with E-state index in [4.69, 9.17) is 9.47 Å². The molecule has 1 heterocycles. The van der Waals surface area contributed by atoms with Gasteiger partial charge in [-0.1, -0.05) is 26.8 Å². The van der Waals surface area contributed by atoms with Gasteiger partial charge in [0.1, 0.15) is 17.8 Å². The number of nitrogens with one attached hydrogen (secondary N) is 1. The maximum atomic E-state index is 13.3. The van der Waals surface area contributed by atoms with Crippen molar-refractivity contribution in [1.29, 1.82) is 0 Å². The molecule has 0 saturated carbocycles. The quantitative estimate of drug-likeness (QED) is 0.316. The SMILES string of the molecule is C=C[C@@H]1C[C@@H](C(=O)OC)N(C(=O)[C@@H](NC(=O)Oc2ccc([N+](=O)[O-])cc2)C(C)(C)C)C1. The van der Waals surface area contributed by atoms with Crippen LogP contribution in [0.3, 0.4) is 0 Å². The van der Waals surface area contributed by atoms with E-state index in [-0.39, 0.29) is 23.9 Å². The van der Waals surface area contributed by atoms with E-state index < -0.39 is 40.4 Å². The molecule has 1 fully saturated rings. The minimum atomic E-state index is -0.992. The number of nitrogens with zero attached hydrogens (tertiary/aromatic N) is 2. The lowest BCUT2D eigenvalue weighted by molar-refractivity contribution is -0.384. The topological polar surface area (TPSA) is 128 Å². The third kappa shape index (κ3) is 5.80. The lowest BCUT2D eigenvalue weighted by Crippen LogP contribution is -2.57. The molecular formula is C21H27N3O7. The van der Waals surface area contributed by atoms with Crippen LogP contribution in [-0.2, 0) is 14.3 Å². The molecule has 1 aliphatic heterocycles. The van der Waals surface area contributed by atoms with Crippen molar-refractivity contribution in [1.82, 2.24) is 10.2 Å². The van der Waals surface area contributed by atoms with Crippen molar-refractivity contribution in [2.45, 2.75) is 39.3 Å². The molecule has 2 rings (SSSR count). The number of hydrogen-bond donors (Lipinski definition) is 1. The smallest absolute Gasteiger partial charge is 0.413 e. The normalized spacial score (nSPS) is 19.3. The predicted molar refractivity (Wildman–Crippen MR) is 111 cm³/mol. The summed E-state index contributed by atoms with van der Waals surface area (Å²) in [7, 11) is 1.26. The summed E-state index contributed by atoms with van der Waals surface area (Å²) < 4.78 is 10.0. The Labute approximate surface area is 180 Å². The number of nitro benzene ring substituents is 1. The number of ether oxygens (including phenoxy) is 2. The average molecular weight is 433 g/mol. The Morgan fingerprint density at radius 1 is 1.29 bits per heavy atom. The van der Waals surface area contributed by atoms with Crippen LogP contribution in [0.1, 0.15) is 27.2 Å². The number of nitro groups is 1. The molecule has 2 amide bonds. The van der Waals surface area contributed by atoms with Crippen LogP contribution >= 0.6 is 0 Å². The largest absolute Gasteiger partial charge is 0.467 e. The molecule has 10 heteroatoms. The van der Waals surface area contributed by atoms with Crippen LogP contribution in [0.5, 0.6) is 5.75 Å². The lowest BCUT2D eigenvalue weighted by atomic mass is 9.85. The van der Waals surface area contributed by atoms with E-state index in [0.717, 1.165) is 0 Å². The van der Waals surface area contributed by atoms with Gasteiger partial charge in [-0.25, -0.2) is 9.59 Å². The Balaban J connectivity index is 2.18. The summed E-state index contributed by atoms with van der Waals surface area (Å²) in [6.45, 7) is 9.35. The van der Waals surface area contributed by atoms with Crippen LogP contribution in [0, 0.1) is 21.4 Å². The Morgan fingerprint density at radius 2 is 1.90 bits per heavy atom. The van der Waals surface area contributed by atoms with E-state index in [1.165, 1.54) is 36.3 Å². The first kappa shape index (κ1) is 23.8. The number of esters is 1. The van der Waals surface area contributed by atoms with E-state index in [1.807, 2.05) is 0 Å². The summed E-state index contributed by atoms with van der Waals surface area (Å²) in [5.41, 5.74) is -0.839. The molecule has 31 heavy (non-hydrogen) atoms. The molecule has 168 valence electrons. The first-order chi connectivity index (χ1) is 14.5. The number of rotatable bonds is 6. The van der Waals surface area contributed by atoms with Crippen LogP contribution in [0.4, 0.5) is 10.5 Å². The van der Waals surface area contributed by atoms with Gasteiger partial charge >= 0.3 is 12.1 Å². The number of hydrogen-bond acceptors (Lipinski definition) is 7. The Hall–Kier alpha value is -3.43. The Bertz CT molecular complexity index is 861. The highest BCUT2D eigenvalue weighted by molar-refractivity contribution is 5.91. The Kier molecular flexibility index (Phi) is 7.37. The van der Waals surface area contributed by atoms with Crippen molar-refractivity contribution in [3.05, 3.63) is 47.0 Å². The number of carbonyl (C=O) groups excluding carboxylic acids is 3. The van der Waals surface area contributed by atoms with Crippen molar-refractivity contribution in [2.24, 2.45) is 11.3 Å². The van der Waals surface area contributed by atoms with Crippen molar-refractivity contribution in [2.75, 3.05) is 13.7 Å². The minimum Gasteiger partial charge on any atom is -0.467 e. The van der Waals surface area contributed by atoms with Gasteiger partial charge in [0.05, 0.1) is 12.0 Å². The number of carbonyl (C=O) groups is 3. The zero-order valence-electron chi connectivity index (χ0n) is 18.0. The van der Waals surface area contributed by atoms with Crippen LogP contribution in [0.25, 0.3) is 0 Å². The second-order valence-corrected chi connectivity index (χ2v) is 8.34. The third-order valence-electron chi connectivity index (χ3n) is 5.06. The van der Waals surface area contributed by atoms with E-state index in [1.54, 1.807) is 26.8 Å². The summed E-state index contributed by atoms with van der Waals surface area (Å²) in [6, 6.07) is 3.22. The van der Waals surface area contributed by atoms with Crippen LogP contribution < -0.4 is 10.1 Å². The zero-order valence-corrected chi connectivity index (χ0v) is 18.0. The third-order valence-corrected chi connectivity index (χ3v) is 5.06. The van der Waals surface area contributed by atoms with Crippen molar-refractivity contribution in [3.63, 3.8) is 0 Å². The van der Waals surface area contributed by atoms with Crippen LogP contribution in [-0.4, -0.2) is 53.5 Å². The molecule has 0 bridgehead atoms. The second-order valence-electron chi connectivity index (χ2n) is 8.34. The Morgan fingerprint density at radius 3 is 2.39 bits per heavy atom. The summed E-state index contributed by atoms with van der Waals surface area (Å²) in [4.78, 5) is 49.5. The van der Waals surface area contributed by atoms with Gasteiger partial charge in [0.2, 0.25) is 5.91 Å². The maximum absolute atomic E-state index is 13.3. The molecule has 3 atom stereocenters. The standard InChI is InChI=1S/C21H27N3O7/c1-6-13-11-16(19(26)30-5)23(12-13)18(25)17(21(2,3)4)22-20(27)31-15-9-7-14(8-10-15)24(28)29/h6-10,13,16-17H,1,11-12H2,2-5H3,(H,22,27)/t13-,16+,17-/m1/s1. The highest BCUT2D eigenvalue weighted by Gasteiger charge is 2.44. The summed E-state index contributed by atoms with van der Waals surface area (Å²) in [6.07, 6.45) is 1.19. The van der Waals surface area contributed by atoms with Gasteiger partial charge in [0.25, 0.3) is 5.69 Å². The van der Waals surface area contributed by atoms with Gasteiger partial charge in [0.15, 0.2) is 0 Å². The van der Waals surface area contributed by atoms with E-state index in [9.17, 15) is 24.5 Å². The van der Waals surface area contributed by atoms with Gasteiger partial charge in [-0.05, 0) is 29.9 Å². The molecule has 1 aliphatic rings. The molecule has 1 aromatic carbocycles. The molecule has 10 nitrogen and oxygen atoms in total. The van der Waals surface area contributed by atoms with Crippen LogP contribution in [0.2, 0.25) is 0 Å². The van der Waals surface area contributed by atoms with Gasteiger partial charge in [-0.15, -0.1) is 6.58 Å². The number of methoxy groups -OCH3 is 1. The van der Waals surface area contributed by atoms with Crippen LogP contribution in [0.15, 0.2) is 36.9 Å². The first-order valence-electron chi connectivity index (χ1n) is 9.71. The van der Waals surface area contributed by atoms with Gasteiger partial charge in [-0.3, -0.25) is 14.9 Å². The van der Waals surface area contributed by atoms with Crippen molar-refractivity contribution in [3.8, 4) is 5.75 Å². The summed E-state index contributed by atoms with van der Waals surface area (Å²) in [5, 5.41) is 13.3. The minimum absolute atomic E-state index is 0.0688. The zero-order chi connectivity index (χ0) is 23.3. The number of benzene rings is 1. The lowest BCUT2D eigenvalue weighted by Gasteiger charge is -2.34. The van der Waals surface area contributed by atoms with E-state index in [2.05, 4.69) is 11.9 Å².